The van der Waals surface area contributed by atoms with E-state index in [0.717, 1.165) is 12.0 Å². The fourth-order valence-corrected chi connectivity index (χ4v) is 2.55. The van der Waals surface area contributed by atoms with Crippen molar-refractivity contribution in [2.24, 2.45) is 5.92 Å². The van der Waals surface area contributed by atoms with Crippen LogP contribution in [0.1, 0.15) is 48.2 Å². The van der Waals surface area contributed by atoms with Crippen LogP contribution in [0.4, 0.5) is 0 Å². The molecule has 0 fully saturated rings. The van der Waals surface area contributed by atoms with Crippen molar-refractivity contribution in [1.29, 1.82) is 0 Å². The summed E-state index contributed by atoms with van der Waals surface area (Å²) in [6.45, 7) is 8.49. The van der Waals surface area contributed by atoms with Gasteiger partial charge in [-0.15, -0.1) is 0 Å². The zero-order valence-corrected chi connectivity index (χ0v) is 13.4. The van der Waals surface area contributed by atoms with Gasteiger partial charge >= 0.3 is 0 Å². The Labute approximate surface area is 128 Å². The van der Waals surface area contributed by atoms with E-state index < -0.39 is 0 Å². The van der Waals surface area contributed by atoms with Crippen molar-refractivity contribution < 1.29 is 4.79 Å². The second-order valence-corrected chi connectivity index (χ2v) is 6.04. The average molecular weight is 280 g/mol. The summed E-state index contributed by atoms with van der Waals surface area (Å²) in [6, 6.07) is 14.5. The molecule has 0 amide bonds. The molecule has 1 nitrogen and oxygen atoms in total. The van der Waals surface area contributed by atoms with Crippen molar-refractivity contribution in [2.75, 3.05) is 0 Å². The van der Waals surface area contributed by atoms with E-state index in [9.17, 15) is 4.79 Å². The van der Waals surface area contributed by atoms with Crippen LogP contribution in [0.3, 0.4) is 0 Å². The number of hydrogen-bond acceptors (Lipinski definition) is 1. The number of benzene rings is 2. The molecule has 0 aliphatic rings. The predicted molar refractivity (Wildman–Crippen MR) is 89.8 cm³/mol. The molecule has 0 heterocycles. The van der Waals surface area contributed by atoms with Crippen molar-refractivity contribution in [3.63, 3.8) is 0 Å². The summed E-state index contributed by atoms with van der Waals surface area (Å²) in [7, 11) is 0. The highest BCUT2D eigenvalue weighted by Gasteiger charge is 2.10. The third-order valence-electron chi connectivity index (χ3n) is 4.13. The van der Waals surface area contributed by atoms with Crippen LogP contribution in [0.2, 0.25) is 0 Å². The Morgan fingerprint density at radius 1 is 1.05 bits per heavy atom. The quantitative estimate of drug-likeness (QED) is 0.652. The number of carbonyl (C=O) groups excluding carboxylic acids is 1. The summed E-state index contributed by atoms with van der Waals surface area (Å²) in [5.41, 5.74) is 5.78. The van der Waals surface area contributed by atoms with Crippen LogP contribution in [0.5, 0.6) is 0 Å². The van der Waals surface area contributed by atoms with Gasteiger partial charge in [0.1, 0.15) is 0 Å². The van der Waals surface area contributed by atoms with Crippen LogP contribution >= 0.6 is 0 Å². The molecule has 21 heavy (non-hydrogen) atoms. The average Bonchev–Trinajstić information content (AvgIpc) is 2.47. The molecule has 0 saturated heterocycles. The van der Waals surface area contributed by atoms with Gasteiger partial charge in [0, 0.05) is 12.0 Å². The molecule has 2 aromatic rings. The zero-order chi connectivity index (χ0) is 15.4. The molecule has 1 atom stereocenters. The zero-order valence-electron chi connectivity index (χ0n) is 13.4. The lowest BCUT2D eigenvalue weighted by Gasteiger charge is -2.10. The molecular formula is C20H24O. The van der Waals surface area contributed by atoms with Gasteiger partial charge in [-0.2, -0.15) is 0 Å². The van der Waals surface area contributed by atoms with E-state index in [1.54, 1.807) is 0 Å². The summed E-state index contributed by atoms with van der Waals surface area (Å²) in [5.74, 6) is 0.702. The van der Waals surface area contributed by atoms with E-state index in [1.807, 2.05) is 12.1 Å². The van der Waals surface area contributed by atoms with Gasteiger partial charge in [-0.3, -0.25) is 4.79 Å². The van der Waals surface area contributed by atoms with Crippen molar-refractivity contribution in [3.05, 3.63) is 59.2 Å². The summed E-state index contributed by atoms with van der Waals surface area (Å²) in [5, 5.41) is 0. The standard InChI is InChI=1S/C20H24O/c1-5-14(2)13-20(21)18-9-7-17(8-10-18)19-11-6-15(3)12-16(19)4/h6-12,14H,5,13H2,1-4H3. The SMILES string of the molecule is CCC(C)CC(=O)c1ccc(-c2ccc(C)cc2C)cc1. The van der Waals surface area contributed by atoms with Crippen LogP contribution in [0, 0.1) is 19.8 Å². The number of Topliss-reactive ketones (excluding diaryl/α,β-unsaturated/α-hetero) is 1. The minimum absolute atomic E-state index is 0.247. The van der Waals surface area contributed by atoms with E-state index >= 15 is 0 Å². The molecule has 0 saturated carbocycles. The van der Waals surface area contributed by atoms with Crippen molar-refractivity contribution in [3.8, 4) is 11.1 Å². The molecule has 2 aromatic carbocycles. The Hall–Kier alpha value is -1.89. The molecule has 1 heteroatoms. The number of hydrogen-bond donors (Lipinski definition) is 0. The van der Waals surface area contributed by atoms with Gasteiger partial charge < -0.3 is 0 Å². The van der Waals surface area contributed by atoms with Gasteiger partial charge in [-0.05, 0) is 36.5 Å². The molecule has 1 unspecified atom stereocenters. The van der Waals surface area contributed by atoms with Crippen LogP contribution in [0.25, 0.3) is 11.1 Å². The molecule has 0 bridgehead atoms. The van der Waals surface area contributed by atoms with Crippen LogP contribution < -0.4 is 0 Å². The van der Waals surface area contributed by atoms with E-state index in [-0.39, 0.29) is 5.78 Å². The topological polar surface area (TPSA) is 17.1 Å². The van der Waals surface area contributed by atoms with E-state index in [4.69, 9.17) is 0 Å². The maximum Gasteiger partial charge on any atom is 0.163 e. The fourth-order valence-electron chi connectivity index (χ4n) is 2.55. The molecule has 0 radical (unpaired) electrons. The monoisotopic (exact) mass is 280 g/mol. The Bertz CT molecular complexity index is 623. The molecule has 2 rings (SSSR count). The minimum Gasteiger partial charge on any atom is -0.294 e. The fraction of sp³-hybridized carbons (Fsp3) is 0.350. The number of aryl methyl sites for hydroxylation is 2. The maximum absolute atomic E-state index is 12.2. The number of carbonyl (C=O) groups is 1. The van der Waals surface area contributed by atoms with Gasteiger partial charge in [0.25, 0.3) is 0 Å². The summed E-state index contributed by atoms with van der Waals surface area (Å²) in [4.78, 5) is 12.2. The maximum atomic E-state index is 12.2. The second-order valence-electron chi connectivity index (χ2n) is 6.04. The first kappa shape index (κ1) is 15.5. The van der Waals surface area contributed by atoms with Crippen LogP contribution in [-0.2, 0) is 0 Å². The lowest BCUT2D eigenvalue weighted by atomic mass is 9.94. The van der Waals surface area contributed by atoms with E-state index in [2.05, 4.69) is 58.0 Å². The molecule has 0 aliphatic heterocycles. The van der Waals surface area contributed by atoms with Gasteiger partial charge in [0.15, 0.2) is 5.78 Å². The van der Waals surface area contributed by atoms with Crippen molar-refractivity contribution in [2.45, 2.75) is 40.5 Å². The normalized spacial score (nSPS) is 12.2. The highest BCUT2D eigenvalue weighted by Crippen LogP contribution is 2.25. The Morgan fingerprint density at radius 2 is 1.71 bits per heavy atom. The molecule has 0 N–H and O–H groups in total. The highest BCUT2D eigenvalue weighted by molar-refractivity contribution is 5.96. The lowest BCUT2D eigenvalue weighted by Crippen LogP contribution is -2.05. The minimum atomic E-state index is 0.247. The first-order valence-corrected chi connectivity index (χ1v) is 7.72. The van der Waals surface area contributed by atoms with Gasteiger partial charge in [0.2, 0.25) is 0 Å². The van der Waals surface area contributed by atoms with E-state index in [0.29, 0.717) is 12.3 Å². The number of rotatable bonds is 5. The molecule has 0 spiro atoms. The van der Waals surface area contributed by atoms with Crippen molar-refractivity contribution >= 4 is 5.78 Å². The Morgan fingerprint density at radius 3 is 2.29 bits per heavy atom. The highest BCUT2D eigenvalue weighted by atomic mass is 16.1. The molecule has 0 aromatic heterocycles. The third kappa shape index (κ3) is 3.81. The molecular weight excluding hydrogens is 256 g/mol. The van der Waals surface area contributed by atoms with Gasteiger partial charge in [-0.1, -0.05) is 68.3 Å². The lowest BCUT2D eigenvalue weighted by molar-refractivity contribution is 0.0963. The smallest absolute Gasteiger partial charge is 0.163 e. The third-order valence-corrected chi connectivity index (χ3v) is 4.13. The molecule has 110 valence electrons. The second kappa shape index (κ2) is 6.71. The van der Waals surface area contributed by atoms with E-state index in [1.165, 1.54) is 22.3 Å². The summed E-state index contributed by atoms with van der Waals surface area (Å²) in [6.07, 6.45) is 1.69. The van der Waals surface area contributed by atoms with Crippen LogP contribution in [0.15, 0.2) is 42.5 Å². The van der Waals surface area contributed by atoms with Gasteiger partial charge in [0.05, 0.1) is 0 Å². The van der Waals surface area contributed by atoms with Crippen molar-refractivity contribution in [1.82, 2.24) is 0 Å². The largest absolute Gasteiger partial charge is 0.294 e. The van der Waals surface area contributed by atoms with Gasteiger partial charge in [-0.25, -0.2) is 0 Å². The number of ketones is 1. The summed E-state index contributed by atoms with van der Waals surface area (Å²) >= 11 is 0. The first-order valence-electron chi connectivity index (χ1n) is 7.72. The predicted octanol–water partition coefficient (Wildman–Crippen LogP) is 5.59. The Kier molecular flexibility index (Phi) is 4.95. The first-order chi connectivity index (χ1) is 10.0. The summed E-state index contributed by atoms with van der Waals surface area (Å²) < 4.78 is 0. The Balaban J connectivity index is 2.20. The molecule has 0 aliphatic carbocycles. The van der Waals surface area contributed by atoms with Crippen LogP contribution in [-0.4, -0.2) is 5.78 Å².